The second-order valence-electron chi connectivity index (χ2n) is 6.25. The summed E-state index contributed by atoms with van der Waals surface area (Å²) in [7, 11) is 0. The number of hydrogen-bond acceptors (Lipinski definition) is 2. The molecule has 25 heavy (non-hydrogen) atoms. The van der Waals surface area contributed by atoms with Gasteiger partial charge in [0, 0.05) is 30.4 Å². The lowest BCUT2D eigenvalue weighted by molar-refractivity contribution is -0.137. The number of alkyl halides is 3. The molecule has 1 amide bonds. The van der Waals surface area contributed by atoms with Crippen LogP contribution in [0.15, 0.2) is 48.5 Å². The van der Waals surface area contributed by atoms with Crippen LogP contribution in [0.5, 0.6) is 0 Å². The van der Waals surface area contributed by atoms with Crippen molar-refractivity contribution in [1.29, 1.82) is 0 Å². The van der Waals surface area contributed by atoms with Crippen LogP contribution in [0.3, 0.4) is 0 Å². The van der Waals surface area contributed by atoms with Gasteiger partial charge in [0.25, 0.3) is 0 Å². The Morgan fingerprint density at radius 1 is 1.20 bits per heavy atom. The third kappa shape index (κ3) is 3.95. The summed E-state index contributed by atoms with van der Waals surface area (Å²) in [5.41, 5.74) is 1.78. The van der Waals surface area contributed by atoms with Gasteiger partial charge >= 0.3 is 6.18 Å². The zero-order valence-corrected chi connectivity index (χ0v) is 13.8. The van der Waals surface area contributed by atoms with Gasteiger partial charge in [0.2, 0.25) is 5.91 Å². The molecule has 0 spiro atoms. The Bertz CT molecular complexity index is 773. The molecule has 1 aliphatic rings. The molecule has 0 fully saturated rings. The van der Waals surface area contributed by atoms with Crippen LogP contribution in [-0.4, -0.2) is 18.5 Å². The van der Waals surface area contributed by atoms with Gasteiger partial charge in [-0.2, -0.15) is 13.2 Å². The molecule has 0 saturated carbocycles. The van der Waals surface area contributed by atoms with Gasteiger partial charge in [-0.05, 0) is 43.2 Å². The zero-order valence-electron chi connectivity index (χ0n) is 13.8. The number of rotatable bonds is 4. The fourth-order valence-electron chi connectivity index (χ4n) is 3.19. The standard InChI is InChI=1S/C19H19F3N2O/c1-13-11-14-5-2-3-8-17(14)24(13)10-9-18(25)23-16-7-4-6-15(12-16)19(20,21)22/h2-8,12-13H,9-11H2,1H3,(H,23,25). The van der Waals surface area contributed by atoms with Gasteiger partial charge in [0.15, 0.2) is 0 Å². The molecule has 1 atom stereocenters. The monoisotopic (exact) mass is 348 g/mol. The first kappa shape index (κ1) is 17.3. The van der Waals surface area contributed by atoms with Crippen molar-refractivity contribution < 1.29 is 18.0 Å². The van der Waals surface area contributed by atoms with Crippen molar-refractivity contribution in [3.8, 4) is 0 Å². The topological polar surface area (TPSA) is 32.3 Å². The van der Waals surface area contributed by atoms with Gasteiger partial charge in [-0.15, -0.1) is 0 Å². The van der Waals surface area contributed by atoms with Crippen LogP contribution in [0.25, 0.3) is 0 Å². The first-order chi connectivity index (χ1) is 11.8. The summed E-state index contributed by atoms with van der Waals surface area (Å²) in [4.78, 5) is 14.3. The predicted molar refractivity (Wildman–Crippen MR) is 91.6 cm³/mol. The molecule has 1 unspecified atom stereocenters. The van der Waals surface area contributed by atoms with Crippen LogP contribution in [0, 0.1) is 0 Å². The number of anilines is 2. The summed E-state index contributed by atoms with van der Waals surface area (Å²) in [6.45, 7) is 2.63. The molecule has 132 valence electrons. The third-order valence-corrected chi connectivity index (χ3v) is 4.40. The number of halogens is 3. The van der Waals surface area contributed by atoms with Gasteiger partial charge in [-0.3, -0.25) is 4.79 Å². The molecule has 1 N–H and O–H groups in total. The second kappa shape index (κ2) is 6.78. The van der Waals surface area contributed by atoms with Crippen molar-refractivity contribution >= 4 is 17.3 Å². The SMILES string of the molecule is CC1Cc2ccccc2N1CCC(=O)Nc1cccc(C(F)(F)F)c1. The molecular weight excluding hydrogens is 329 g/mol. The van der Waals surface area contributed by atoms with E-state index in [-0.39, 0.29) is 18.0 Å². The van der Waals surface area contributed by atoms with E-state index in [1.165, 1.54) is 17.7 Å². The van der Waals surface area contributed by atoms with Crippen molar-refractivity contribution in [2.45, 2.75) is 32.0 Å². The molecule has 1 heterocycles. The van der Waals surface area contributed by atoms with Crippen molar-refractivity contribution in [2.75, 3.05) is 16.8 Å². The molecule has 0 radical (unpaired) electrons. The average Bonchev–Trinajstić information content (AvgIpc) is 2.87. The van der Waals surface area contributed by atoms with E-state index in [1.54, 1.807) is 0 Å². The van der Waals surface area contributed by atoms with Gasteiger partial charge < -0.3 is 10.2 Å². The number of amides is 1. The fourth-order valence-corrected chi connectivity index (χ4v) is 3.19. The van der Waals surface area contributed by atoms with E-state index in [1.807, 2.05) is 18.2 Å². The lowest BCUT2D eigenvalue weighted by atomic mass is 10.1. The van der Waals surface area contributed by atoms with E-state index in [0.717, 1.165) is 24.2 Å². The molecule has 3 rings (SSSR count). The zero-order chi connectivity index (χ0) is 18.0. The predicted octanol–water partition coefficient (Wildman–Crippen LogP) is 4.49. The van der Waals surface area contributed by atoms with Crippen LogP contribution < -0.4 is 10.2 Å². The van der Waals surface area contributed by atoms with E-state index in [9.17, 15) is 18.0 Å². The number of fused-ring (bicyclic) bond motifs is 1. The van der Waals surface area contributed by atoms with Gasteiger partial charge in [-0.25, -0.2) is 0 Å². The quantitative estimate of drug-likeness (QED) is 0.883. The summed E-state index contributed by atoms with van der Waals surface area (Å²) < 4.78 is 38.2. The minimum Gasteiger partial charge on any atom is -0.368 e. The summed E-state index contributed by atoms with van der Waals surface area (Å²) in [5, 5.41) is 2.55. The third-order valence-electron chi connectivity index (χ3n) is 4.40. The summed E-state index contributed by atoms with van der Waals surface area (Å²) in [6, 6.07) is 13.1. The van der Waals surface area contributed by atoms with E-state index in [0.29, 0.717) is 12.6 Å². The van der Waals surface area contributed by atoms with Crippen LogP contribution in [0.1, 0.15) is 24.5 Å². The second-order valence-corrected chi connectivity index (χ2v) is 6.25. The Kier molecular flexibility index (Phi) is 4.70. The number of nitrogens with zero attached hydrogens (tertiary/aromatic N) is 1. The normalized spacial score (nSPS) is 16.6. The van der Waals surface area contributed by atoms with Crippen LogP contribution in [0.2, 0.25) is 0 Å². The number of benzene rings is 2. The lowest BCUT2D eigenvalue weighted by Crippen LogP contribution is -2.32. The first-order valence-electron chi connectivity index (χ1n) is 8.16. The largest absolute Gasteiger partial charge is 0.416 e. The molecule has 3 nitrogen and oxygen atoms in total. The van der Waals surface area contributed by atoms with Crippen molar-refractivity contribution in [3.05, 3.63) is 59.7 Å². The van der Waals surface area contributed by atoms with Gasteiger partial charge in [-0.1, -0.05) is 24.3 Å². The Labute approximate surface area is 144 Å². The first-order valence-corrected chi connectivity index (χ1v) is 8.16. The highest BCUT2D eigenvalue weighted by Gasteiger charge is 2.30. The van der Waals surface area contributed by atoms with Crippen molar-refractivity contribution in [3.63, 3.8) is 0 Å². The summed E-state index contributed by atoms with van der Waals surface area (Å²) in [6.07, 6.45) is -3.27. The Hall–Kier alpha value is -2.50. The fraction of sp³-hybridized carbons (Fsp3) is 0.316. The molecule has 2 aromatic rings. The maximum atomic E-state index is 12.7. The Morgan fingerprint density at radius 2 is 1.96 bits per heavy atom. The van der Waals surface area contributed by atoms with Crippen molar-refractivity contribution in [2.24, 2.45) is 0 Å². The maximum Gasteiger partial charge on any atom is 0.416 e. The molecule has 6 heteroatoms. The minimum absolute atomic E-state index is 0.162. The number of nitrogens with one attached hydrogen (secondary N) is 1. The summed E-state index contributed by atoms with van der Waals surface area (Å²) in [5.74, 6) is -0.295. The summed E-state index contributed by atoms with van der Waals surface area (Å²) >= 11 is 0. The maximum absolute atomic E-state index is 12.7. The molecule has 0 saturated heterocycles. The van der Waals surface area contributed by atoms with E-state index in [2.05, 4.69) is 23.2 Å². The number of carbonyl (C=O) groups is 1. The highest BCUT2D eigenvalue weighted by molar-refractivity contribution is 5.91. The number of para-hydroxylation sites is 1. The van der Waals surface area contributed by atoms with E-state index < -0.39 is 11.7 Å². The van der Waals surface area contributed by atoms with Gasteiger partial charge in [0.1, 0.15) is 0 Å². The van der Waals surface area contributed by atoms with E-state index >= 15 is 0 Å². The van der Waals surface area contributed by atoms with E-state index in [4.69, 9.17) is 0 Å². The minimum atomic E-state index is -4.42. The van der Waals surface area contributed by atoms with Crippen LogP contribution in [-0.2, 0) is 17.4 Å². The highest BCUT2D eigenvalue weighted by atomic mass is 19.4. The number of hydrogen-bond donors (Lipinski definition) is 1. The van der Waals surface area contributed by atoms with Crippen LogP contribution >= 0.6 is 0 Å². The molecule has 1 aliphatic heterocycles. The molecule has 0 bridgehead atoms. The smallest absolute Gasteiger partial charge is 0.368 e. The van der Waals surface area contributed by atoms with Crippen LogP contribution in [0.4, 0.5) is 24.5 Å². The number of carbonyl (C=O) groups excluding carboxylic acids is 1. The molecule has 0 aliphatic carbocycles. The van der Waals surface area contributed by atoms with Gasteiger partial charge in [0.05, 0.1) is 5.56 Å². The Morgan fingerprint density at radius 3 is 2.72 bits per heavy atom. The van der Waals surface area contributed by atoms with Crippen molar-refractivity contribution in [1.82, 2.24) is 0 Å². The lowest BCUT2D eigenvalue weighted by Gasteiger charge is -2.24. The average molecular weight is 348 g/mol. The highest BCUT2D eigenvalue weighted by Crippen LogP contribution is 2.32. The Balaban J connectivity index is 1.61. The molecule has 0 aromatic heterocycles. The molecule has 2 aromatic carbocycles. The molecular formula is C19H19F3N2O.